The lowest BCUT2D eigenvalue weighted by Crippen LogP contribution is -2.08. The molecule has 1 aliphatic rings. The molecule has 1 fully saturated rings. The summed E-state index contributed by atoms with van der Waals surface area (Å²) in [5.41, 5.74) is 3.45. The number of aromatic nitrogens is 3. The van der Waals surface area contributed by atoms with Gasteiger partial charge >= 0.3 is 0 Å². The summed E-state index contributed by atoms with van der Waals surface area (Å²) >= 11 is 0. The fourth-order valence-electron chi connectivity index (χ4n) is 1.84. The van der Waals surface area contributed by atoms with E-state index in [9.17, 15) is 0 Å². The zero-order valence-electron chi connectivity index (χ0n) is 11.1. The van der Waals surface area contributed by atoms with Gasteiger partial charge < -0.3 is 10.6 Å². The minimum absolute atomic E-state index is 0.526. The van der Waals surface area contributed by atoms with Gasteiger partial charge in [-0.2, -0.15) is 10.1 Å². The van der Waals surface area contributed by atoms with Crippen molar-refractivity contribution in [2.75, 3.05) is 10.6 Å². The van der Waals surface area contributed by atoms with E-state index in [4.69, 9.17) is 0 Å². The molecule has 0 amide bonds. The van der Waals surface area contributed by atoms with Crippen LogP contribution in [0.1, 0.15) is 24.0 Å². The zero-order valence-corrected chi connectivity index (χ0v) is 11.1. The summed E-state index contributed by atoms with van der Waals surface area (Å²) in [5, 5.41) is 14.5. The average molecular weight is 255 g/mol. The summed E-state index contributed by atoms with van der Waals surface area (Å²) < 4.78 is 0. The summed E-state index contributed by atoms with van der Waals surface area (Å²) in [6.45, 7) is 4.14. The number of nitrogens with zero attached hydrogens (tertiary/aromatic N) is 3. The van der Waals surface area contributed by atoms with Crippen LogP contribution in [0.15, 0.2) is 24.4 Å². The molecule has 5 nitrogen and oxygen atoms in total. The van der Waals surface area contributed by atoms with Crippen molar-refractivity contribution in [2.45, 2.75) is 32.7 Å². The molecule has 1 aromatic heterocycles. The molecular weight excluding hydrogens is 238 g/mol. The molecule has 1 saturated carbocycles. The van der Waals surface area contributed by atoms with Crippen molar-refractivity contribution in [3.05, 3.63) is 35.5 Å². The first kappa shape index (κ1) is 11.9. The predicted octanol–water partition coefficient (Wildman–Crippen LogP) is 2.81. The SMILES string of the molecule is Cc1ccc(C)c(Nc2cnnc(NC3CC3)n2)c1. The maximum absolute atomic E-state index is 4.42. The molecule has 0 bridgehead atoms. The minimum Gasteiger partial charge on any atom is -0.350 e. The van der Waals surface area contributed by atoms with E-state index in [0.717, 1.165) is 5.69 Å². The number of rotatable bonds is 4. The maximum atomic E-state index is 4.42. The van der Waals surface area contributed by atoms with E-state index in [1.807, 2.05) is 0 Å². The molecule has 1 heterocycles. The molecule has 5 heteroatoms. The largest absolute Gasteiger partial charge is 0.350 e. The van der Waals surface area contributed by atoms with Crippen molar-refractivity contribution in [2.24, 2.45) is 0 Å². The van der Waals surface area contributed by atoms with Gasteiger partial charge in [0.2, 0.25) is 5.95 Å². The van der Waals surface area contributed by atoms with Crippen LogP contribution >= 0.6 is 0 Å². The van der Waals surface area contributed by atoms with Crippen molar-refractivity contribution in [1.29, 1.82) is 0 Å². The highest BCUT2D eigenvalue weighted by Gasteiger charge is 2.22. The maximum Gasteiger partial charge on any atom is 0.244 e. The summed E-state index contributed by atoms with van der Waals surface area (Å²) in [5.74, 6) is 1.31. The van der Waals surface area contributed by atoms with Gasteiger partial charge in [0, 0.05) is 11.7 Å². The van der Waals surface area contributed by atoms with Crippen LogP contribution in [0.5, 0.6) is 0 Å². The standard InChI is InChI=1S/C14H17N5/c1-9-3-4-10(2)12(7-9)17-13-8-15-19-14(18-13)16-11-5-6-11/h3-4,7-8,11H,5-6H2,1-2H3,(H2,16,17,18,19). The van der Waals surface area contributed by atoms with E-state index in [0.29, 0.717) is 17.8 Å². The van der Waals surface area contributed by atoms with Gasteiger partial charge in [0.25, 0.3) is 0 Å². The summed E-state index contributed by atoms with van der Waals surface area (Å²) in [6.07, 6.45) is 4.02. The van der Waals surface area contributed by atoms with Crippen molar-refractivity contribution >= 4 is 17.5 Å². The fraction of sp³-hybridized carbons (Fsp3) is 0.357. The fourth-order valence-corrected chi connectivity index (χ4v) is 1.84. The third kappa shape index (κ3) is 2.99. The Hall–Kier alpha value is -2.17. The number of benzene rings is 1. The Morgan fingerprint density at radius 1 is 1.21 bits per heavy atom. The molecule has 0 unspecified atom stereocenters. The van der Waals surface area contributed by atoms with Crippen LogP contribution in [0, 0.1) is 13.8 Å². The van der Waals surface area contributed by atoms with Crippen LogP contribution in [0.25, 0.3) is 0 Å². The molecule has 1 aliphatic carbocycles. The number of hydrogen-bond donors (Lipinski definition) is 2. The lowest BCUT2D eigenvalue weighted by atomic mass is 10.1. The third-order valence-corrected chi connectivity index (χ3v) is 3.13. The second kappa shape index (κ2) is 4.84. The van der Waals surface area contributed by atoms with Gasteiger partial charge in [-0.05, 0) is 43.9 Å². The highest BCUT2D eigenvalue weighted by atomic mass is 15.3. The number of hydrogen-bond acceptors (Lipinski definition) is 5. The Balaban J connectivity index is 1.79. The van der Waals surface area contributed by atoms with Gasteiger partial charge in [-0.25, -0.2) is 0 Å². The predicted molar refractivity (Wildman–Crippen MR) is 75.7 cm³/mol. The molecule has 3 rings (SSSR count). The van der Waals surface area contributed by atoms with Crippen LogP contribution in [-0.4, -0.2) is 21.2 Å². The quantitative estimate of drug-likeness (QED) is 0.879. The summed E-state index contributed by atoms with van der Waals surface area (Å²) in [4.78, 5) is 4.42. The van der Waals surface area contributed by atoms with Crippen molar-refractivity contribution in [1.82, 2.24) is 15.2 Å². The van der Waals surface area contributed by atoms with Crippen LogP contribution in [0.4, 0.5) is 17.5 Å². The van der Waals surface area contributed by atoms with Crippen molar-refractivity contribution in [3.63, 3.8) is 0 Å². The molecular formula is C14H17N5. The van der Waals surface area contributed by atoms with E-state index >= 15 is 0 Å². The van der Waals surface area contributed by atoms with Crippen LogP contribution in [0.2, 0.25) is 0 Å². The van der Waals surface area contributed by atoms with E-state index in [-0.39, 0.29) is 0 Å². The smallest absolute Gasteiger partial charge is 0.244 e. The lowest BCUT2D eigenvalue weighted by molar-refractivity contribution is 0.947. The summed E-state index contributed by atoms with van der Waals surface area (Å²) in [6, 6.07) is 6.82. The highest BCUT2D eigenvalue weighted by Crippen LogP contribution is 2.24. The first-order valence-corrected chi connectivity index (χ1v) is 6.51. The second-order valence-electron chi connectivity index (χ2n) is 5.03. The molecule has 0 radical (unpaired) electrons. The molecule has 0 spiro atoms. The van der Waals surface area contributed by atoms with Gasteiger partial charge in [-0.3, -0.25) is 0 Å². The molecule has 0 atom stereocenters. The molecule has 98 valence electrons. The Labute approximate surface area is 112 Å². The Kier molecular flexibility index (Phi) is 3.03. The Morgan fingerprint density at radius 3 is 2.84 bits per heavy atom. The van der Waals surface area contributed by atoms with Crippen LogP contribution in [-0.2, 0) is 0 Å². The number of aryl methyl sites for hydroxylation is 2. The minimum atomic E-state index is 0.526. The average Bonchev–Trinajstić information content (AvgIpc) is 3.18. The number of nitrogens with one attached hydrogen (secondary N) is 2. The monoisotopic (exact) mass is 255 g/mol. The van der Waals surface area contributed by atoms with Gasteiger partial charge in [-0.15, -0.1) is 5.10 Å². The molecule has 0 aliphatic heterocycles. The van der Waals surface area contributed by atoms with E-state index in [2.05, 4.69) is 57.9 Å². The van der Waals surface area contributed by atoms with Gasteiger partial charge in [0.1, 0.15) is 0 Å². The first-order chi connectivity index (χ1) is 9.20. The molecule has 19 heavy (non-hydrogen) atoms. The molecule has 0 saturated heterocycles. The summed E-state index contributed by atoms with van der Waals surface area (Å²) in [7, 11) is 0. The molecule has 2 aromatic rings. The normalized spacial score (nSPS) is 14.2. The third-order valence-electron chi connectivity index (χ3n) is 3.13. The first-order valence-electron chi connectivity index (χ1n) is 6.51. The van der Waals surface area contributed by atoms with Gasteiger partial charge in [-0.1, -0.05) is 12.1 Å². The Morgan fingerprint density at radius 2 is 2.05 bits per heavy atom. The number of anilines is 3. The van der Waals surface area contributed by atoms with Crippen LogP contribution in [0.3, 0.4) is 0 Å². The lowest BCUT2D eigenvalue weighted by Gasteiger charge is -2.10. The zero-order chi connectivity index (χ0) is 13.2. The second-order valence-corrected chi connectivity index (χ2v) is 5.03. The van der Waals surface area contributed by atoms with Gasteiger partial charge in [0.15, 0.2) is 5.82 Å². The molecule has 1 aromatic carbocycles. The van der Waals surface area contributed by atoms with Crippen molar-refractivity contribution in [3.8, 4) is 0 Å². The van der Waals surface area contributed by atoms with Crippen LogP contribution < -0.4 is 10.6 Å². The Bertz CT molecular complexity index is 592. The van der Waals surface area contributed by atoms with E-state index < -0.39 is 0 Å². The molecule has 2 N–H and O–H groups in total. The van der Waals surface area contributed by atoms with Crippen molar-refractivity contribution < 1.29 is 0 Å². The topological polar surface area (TPSA) is 62.7 Å². The van der Waals surface area contributed by atoms with Gasteiger partial charge in [0.05, 0.1) is 6.20 Å². The van der Waals surface area contributed by atoms with E-state index in [1.54, 1.807) is 6.20 Å². The van der Waals surface area contributed by atoms with E-state index in [1.165, 1.54) is 24.0 Å². The highest BCUT2D eigenvalue weighted by molar-refractivity contribution is 5.61.